The van der Waals surface area contributed by atoms with Crippen molar-refractivity contribution in [3.63, 3.8) is 0 Å². The third-order valence-corrected chi connectivity index (χ3v) is 5.99. The fourth-order valence-electron chi connectivity index (χ4n) is 4.05. The van der Waals surface area contributed by atoms with Crippen LogP contribution >= 0.6 is 0 Å². The number of nitrogens with one attached hydrogen (secondary N) is 3. The van der Waals surface area contributed by atoms with Crippen molar-refractivity contribution in [3.8, 4) is 0 Å². The van der Waals surface area contributed by atoms with Crippen molar-refractivity contribution in [2.24, 2.45) is 0 Å². The minimum absolute atomic E-state index is 0.0856. The summed E-state index contributed by atoms with van der Waals surface area (Å²) in [6, 6.07) is 6.28. The summed E-state index contributed by atoms with van der Waals surface area (Å²) in [6.07, 6.45) is -1.23. The van der Waals surface area contributed by atoms with Gasteiger partial charge in [-0.2, -0.15) is 0 Å². The first-order chi connectivity index (χ1) is 18.4. The van der Waals surface area contributed by atoms with Crippen molar-refractivity contribution < 1.29 is 38.2 Å². The Balaban J connectivity index is 1.99. The quantitative estimate of drug-likeness (QED) is 0.278. The number of hydrogen-bond donors (Lipinski definition) is 3. The van der Waals surface area contributed by atoms with E-state index < -0.39 is 54.0 Å². The predicted molar refractivity (Wildman–Crippen MR) is 139 cm³/mol. The van der Waals surface area contributed by atoms with Gasteiger partial charge in [-0.3, -0.25) is 24.6 Å². The molecule has 0 spiro atoms. The summed E-state index contributed by atoms with van der Waals surface area (Å²) < 4.78 is 10.4. The first kappa shape index (κ1) is 31.1. The van der Waals surface area contributed by atoms with Crippen LogP contribution in [-0.2, 0) is 39.9 Å². The summed E-state index contributed by atoms with van der Waals surface area (Å²) in [5.41, 5.74) is 3.16. The van der Waals surface area contributed by atoms with Crippen LogP contribution in [0.3, 0.4) is 0 Å². The Morgan fingerprint density at radius 2 is 1.72 bits per heavy atom. The molecular weight excluding hydrogens is 510 g/mol. The van der Waals surface area contributed by atoms with Crippen LogP contribution in [-0.4, -0.2) is 90.0 Å². The number of ether oxygens (including phenoxy) is 2. The Kier molecular flexibility index (Phi) is 11.7. The lowest BCUT2D eigenvalue weighted by Crippen LogP contribution is -2.57. The topological polar surface area (TPSA) is 163 Å². The molecule has 1 heterocycles. The number of amides is 5. The van der Waals surface area contributed by atoms with Crippen molar-refractivity contribution in [2.75, 3.05) is 20.2 Å². The number of likely N-dealkylation sites (tertiary alicyclic amines) is 1. The molecule has 0 aromatic heterocycles. The summed E-state index contributed by atoms with van der Waals surface area (Å²) in [6.45, 7) is 6.27. The van der Waals surface area contributed by atoms with Gasteiger partial charge in [0.2, 0.25) is 23.8 Å². The first-order valence-electron chi connectivity index (χ1n) is 12.8. The Morgan fingerprint density at radius 1 is 1.05 bits per heavy atom. The predicted octanol–water partition coefficient (Wildman–Crippen LogP) is 0.281. The normalized spacial score (nSPS) is 16.7. The van der Waals surface area contributed by atoms with E-state index >= 15 is 0 Å². The van der Waals surface area contributed by atoms with Crippen LogP contribution in [0.4, 0.5) is 4.79 Å². The molecule has 0 bridgehead atoms. The number of rotatable bonds is 10. The average Bonchev–Trinajstić information content (AvgIpc) is 3.38. The summed E-state index contributed by atoms with van der Waals surface area (Å²) >= 11 is 0. The molecule has 13 nitrogen and oxygen atoms in total. The second-order valence-electron chi connectivity index (χ2n) is 9.19. The van der Waals surface area contributed by atoms with Gasteiger partial charge in [0.25, 0.3) is 5.91 Å². The average molecular weight is 548 g/mol. The molecule has 13 heteroatoms. The van der Waals surface area contributed by atoms with E-state index in [1.54, 1.807) is 31.2 Å². The van der Waals surface area contributed by atoms with Crippen molar-refractivity contribution in [2.45, 2.75) is 71.2 Å². The van der Waals surface area contributed by atoms with Crippen LogP contribution in [0.15, 0.2) is 30.3 Å². The van der Waals surface area contributed by atoms with Crippen LogP contribution in [0.5, 0.6) is 0 Å². The number of carbonyl (C=O) groups is 6. The SMILES string of the molecule is CCOC(=O)[C@H](Cc1ccccc1)OC(=O)N(C)NC(=O)[C@@H]1CCCN1C(=O)[C@H](C)NC(=O)[C@H](C)NC(C)=O. The molecule has 214 valence electrons. The van der Waals surface area contributed by atoms with Crippen LogP contribution in [0, 0.1) is 0 Å². The molecule has 39 heavy (non-hydrogen) atoms. The van der Waals surface area contributed by atoms with Gasteiger partial charge in [0, 0.05) is 26.9 Å². The Bertz CT molecular complexity index is 1050. The summed E-state index contributed by atoms with van der Waals surface area (Å²) in [5.74, 6) is -2.75. The Hall–Kier alpha value is -4.16. The lowest BCUT2D eigenvalue weighted by atomic mass is 10.1. The Morgan fingerprint density at radius 3 is 2.33 bits per heavy atom. The summed E-state index contributed by atoms with van der Waals surface area (Å²) in [5, 5.41) is 5.78. The summed E-state index contributed by atoms with van der Waals surface area (Å²) in [4.78, 5) is 75.9. The van der Waals surface area contributed by atoms with Gasteiger partial charge >= 0.3 is 12.1 Å². The van der Waals surface area contributed by atoms with Crippen LogP contribution in [0.25, 0.3) is 0 Å². The highest BCUT2D eigenvalue weighted by Gasteiger charge is 2.38. The third kappa shape index (κ3) is 9.27. The largest absolute Gasteiger partial charge is 0.463 e. The molecule has 1 aliphatic heterocycles. The molecule has 1 saturated heterocycles. The molecule has 1 aliphatic rings. The van der Waals surface area contributed by atoms with Crippen molar-refractivity contribution in [1.29, 1.82) is 0 Å². The molecule has 0 aliphatic carbocycles. The smallest absolute Gasteiger partial charge is 0.429 e. The van der Waals surface area contributed by atoms with E-state index in [1.807, 2.05) is 6.07 Å². The van der Waals surface area contributed by atoms with E-state index in [2.05, 4.69) is 16.1 Å². The van der Waals surface area contributed by atoms with Gasteiger partial charge in [-0.1, -0.05) is 30.3 Å². The number of hydrazine groups is 1. The van der Waals surface area contributed by atoms with Crippen LogP contribution < -0.4 is 16.1 Å². The van der Waals surface area contributed by atoms with Crippen LogP contribution in [0.1, 0.15) is 46.1 Å². The van der Waals surface area contributed by atoms with Crippen molar-refractivity contribution >= 4 is 35.7 Å². The molecule has 1 fully saturated rings. The van der Waals surface area contributed by atoms with Crippen LogP contribution in [0.2, 0.25) is 0 Å². The highest BCUT2D eigenvalue weighted by Crippen LogP contribution is 2.19. The number of benzene rings is 1. The number of hydrogen-bond acceptors (Lipinski definition) is 8. The van der Waals surface area contributed by atoms with Gasteiger partial charge in [0.1, 0.15) is 18.1 Å². The van der Waals surface area contributed by atoms with E-state index in [0.29, 0.717) is 12.8 Å². The zero-order valence-corrected chi connectivity index (χ0v) is 22.9. The number of esters is 1. The molecule has 0 saturated carbocycles. The van der Waals surface area contributed by atoms with Gasteiger partial charge in [-0.05, 0) is 39.2 Å². The molecular formula is C26H37N5O8. The van der Waals surface area contributed by atoms with E-state index in [-0.39, 0.29) is 25.5 Å². The first-order valence-corrected chi connectivity index (χ1v) is 12.8. The summed E-state index contributed by atoms with van der Waals surface area (Å²) in [7, 11) is 1.26. The van der Waals surface area contributed by atoms with Crippen molar-refractivity contribution in [3.05, 3.63) is 35.9 Å². The van der Waals surface area contributed by atoms with Gasteiger partial charge in [0.05, 0.1) is 6.61 Å². The third-order valence-electron chi connectivity index (χ3n) is 5.99. The minimum atomic E-state index is -1.23. The molecule has 3 N–H and O–H groups in total. The fraction of sp³-hybridized carbons (Fsp3) is 0.538. The maximum atomic E-state index is 13.0. The van der Waals surface area contributed by atoms with Gasteiger partial charge in [0.15, 0.2) is 0 Å². The molecule has 5 amide bonds. The molecule has 2 rings (SSSR count). The Labute approximate surface area is 227 Å². The van der Waals surface area contributed by atoms with E-state index in [9.17, 15) is 28.8 Å². The number of carbonyl (C=O) groups excluding carboxylic acids is 6. The second kappa shape index (κ2) is 14.7. The maximum Gasteiger partial charge on any atom is 0.429 e. The maximum absolute atomic E-state index is 13.0. The number of nitrogens with zero attached hydrogens (tertiary/aromatic N) is 2. The van der Waals surface area contributed by atoms with Crippen molar-refractivity contribution in [1.82, 2.24) is 26.0 Å². The second-order valence-corrected chi connectivity index (χ2v) is 9.19. The zero-order valence-electron chi connectivity index (χ0n) is 22.9. The highest BCUT2D eigenvalue weighted by atomic mass is 16.6. The fourth-order valence-corrected chi connectivity index (χ4v) is 4.05. The molecule has 1 aromatic rings. The standard InChI is InChI=1S/C26H37N5O8/c1-6-38-25(36)21(15-19-11-8-7-9-12-19)39-26(37)30(5)29-23(34)20-13-10-14-31(20)24(35)17(3)28-22(33)16(2)27-18(4)32/h7-9,11-12,16-17,20-21H,6,10,13-15H2,1-5H3,(H,27,32)(H,28,33)(H,29,34)/t16-,17-,20-,21-/m0/s1. The van der Waals surface area contributed by atoms with E-state index in [4.69, 9.17) is 9.47 Å². The molecule has 1 aromatic carbocycles. The molecule has 0 unspecified atom stereocenters. The lowest BCUT2D eigenvalue weighted by molar-refractivity contribution is -0.153. The van der Waals surface area contributed by atoms with Gasteiger partial charge in [-0.25, -0.2) is 14.6 Å². The highest BCUT2D eigenvalue weighted by molar-refractivity contribution is 5.94. The zero-order chi connectivity index (χ0) is 29.1. The van der Waals surface area contributed by atoms with Gasteiger partial charge in [-0.15, -0.1) is 0 Å². The van der Waals surface area contributed by atoms with E-state index in [0.717, 1.165) is 10.6 Å². The van der Waals surface area contributed by atoms with E-state index in [1.165, 1.54) is 32.7 Å². The molecule has 0 radical (unpaired) electrons. The van der Waals surface area contributed by atoms with Gasteiger partial charge < -0.3 is 25.0 Å². The monoisotopic (exact) mass is 547 g/mol. The minimum Gasteiger partial charge on any atom is -0.463 e. The molecule has 4 atom stereocenters. The lowest BCUT2D eigenvalue weighted by Gasteiger charge is -2.29.